The molecule has 0 heterocycles. The van der Waals surface area contributed by atoms with Gasteiger partial charge in [0, 0.05) is 6.42 Å². The minimum atomic E-state index is -4.02. The van der Waals surface area contributed by atoms with Crippen LogP contribution in [0.2, 0.25) is 5.04 Å². The summed E-state index contributed by atoms with van der Waals surface area (Å²) < 4.78 is 44.0. The molecule has 0 aliphatic carbocycles. The predicted octanol–water partition coefficient (Wildman–Crippen LogP) is 6.88. The Bertz CT molecular complexity index is 1150. The van der Waals surface area contributed by atoms with Crippen LogP contribution < -0.4 is 5.32 Å². The van der Waals surface area contributed by atoms with Crippen LogP contribution in [-0.2, 0) is 45.5 Å². The maximum Gasteiger partial charge on any atom is 0.408 e. The molecule has 42 heavy (non-hydrogen) atoms. The lowest BCUT2D eigenvalue weighted by molar-refractivity contribution is -0.148. The van der Waals surface area contributed by atoms with E-state index in [1.165, 1.54) is 0 Å². The predicted molar refractivity (Wildman–Crippen MR) is 167 cm³/mol. The van der Waals surface area contributed by atoms with E-state index in [9.17, 15) is 14.2 Å². The summed E-state index contributed by atoms with van der Waals surface area (Å²) >= 11 is 0. The number of amides is 1. The van der Waals surface area contributed by atoms with Gasteiger partial charge in [-0.05, 0) is 57.7 Å². The summed E-state index contributed by atoms with van der Waals surface area (Å²) in [6.07, 6.45) is -1.03. The summed E-state index contributed by atoms with van der Waals surface area (Å²) in [5.41, 5.74) is -0.134. The second kappa shape index (κ2) is 15.3. The first-order chi connectivity index (χ1) is 19.4. The quantitative estimate of drug-likeness (QED) is 0.146. The van der Waals surface area contributed by atoms with E-state index in [1.807, 2.05) is 81.4 Å². The summed E-state index contributed by atoms with van der Waals surface area (Å²) in [6.45, 7) is 16.7. The fourth-order valence-electron chi connectivity index (χ4n) is 3.69. The van der Waals surface area contributed by atoms with E-state index in [2.05, 4.69) is 5.32 Å². The molecule has 0 aliphatic rings. The second-order valence-corrected chi connectivity index (χ2v) is 18.1. The minimum Gasteiger partial charge on any atom is -0.459 e. The van der Waals surface area contributed by atoms with Gasteiger partial charge in [0.2, 0.25) is 0 Å². The molecule has 234 valence electrons. The summed E-state index contributed by atoms with van der Waals surface area (Å²) in [7, 11) is -5.33. The molecular formula is C31H48NO8PSi. The van der Waals surface area contributed by atoms with Crippen LogP contribution in [-0.4, -0.2) is 44.9 Å². The van der Waals surface area contributed by atoms with Gasteiger partial charge in [-0.3, -0.25) is 4.57 Å². The Morgan fingerprint density at radius 3 is 1.64 bits per heavy atom. The Labute approximate surface area is 253 Å². The van der Waals surface area contributed by atoms with Crippen molar-refractivity contribution in [2.45, 2.75) is 110 Å². The zero-order chi connectivity index (χ0) is 31.6. The number of ether oxygens (including phenoxy) is 2. The van der Waals surface area contributed by atoms with Crippen molar-refractivity contribution in [3.8, 4) is 0 Å². The highest BCUT2D eigenvalue weighted by atomic mass is 31.2. The number of hydrogen-bond acceptors (Lipinski definition) is 8. The molecule has 2 aromatic carbocycles. The number of alkyl carbamates (subject to hydrolysis) is 1. The van der Waals surface area contributed by atoms with E-state index in [-0.39, 0.29) is 24.7 Å². The number of benzene rings is 2. The topological polar surface area (TPSA) is 109 Å². The van der Waals surface area contributed by atoms with Gasteiger partial charge >= 0.3 is 19.7 Å². The molecule has 2 atom stereocenters. The van der Waals surface area contributed by atoms with Gasteiger partial charge in [0.1, 0.15) is 25.1 Å². The minimum absolute atomic E-state index is 0.00613. The van der Waals surface area contributed by atoms with Gasteiger partial charge in [0.25, 0.3) is 0 Å². The zero-order valence-corrected chi connectivity index (χ0v) is 28.8. The monoisotopic (exact) mass is 621 g/mol. The largest absolute Gasteiger partial charge is 0.459 e. The molecule has 0 fully saturated rings. The van der Waals surface area contributed by atoms with Crippen molar-refractivity contribution in [2.75, 3.05) is 0 Å². The Morgan fingerprint density at radius 2 is 1.21 bits per heavy atom. The van der Waals surface area contributed by atoms with Crippen LogP contribution in [0.3, 0.4) is 0 Å². The van der Waals surface area contributed by atoms with Crippen molar-refractivity contribution < 1.29 is 37.1 Å². The molecule has 0 aromatic heterocycles. The standard InChI is InChI=1S/C31H48NO8PSi/c1-29(2,3)39-41(35,40-30(4,5)6)26(38-42-31(7,8)9)20-25(27(33)36-21-23-16-12-10-13-17-23)32-28(34)37-22-24-18-14-11-15-19-24/h10-19,25-26H,20-22,42H2,1-9H3,(H,32,34). The SMILES string of the molecule is CC(C)(C)OP(=O)(OC(C)(C)C)C(CC(NC(=O)OCc1ccccc1)C(=O)OCc1ccccc1)O[SiH2]C(C)(C)C. The number of hydrogen-bond donors (Lipinski definition) is 1. The molecular weight excluding hydrogens is 573 g/mol. The third-order valence-electron chi connectivity index (χ3n) is 5.31. The van der Waals surface area contributed by atoms with E-state index in [0.717, 1.165) is 11.1 Å². The van der Waals surface area contributed by atoms with Crippen molar-refractivity contribution in [3.05, 3.63) is 71.8 Å². The molecule has 2 unspecified atom stereocenters. The highest BCUT2D eigenvalue weighted by Gasteiger charge is 2.46. The van der Waals surface area contributed by atoms with Crippen LogP contribution in [0, 0.1) is 0 Å². The van der Waals surface area contributed by atoms with Crippen molar-refractivity contribution in [1.82, 2.24) is 5.32 Å². The van der Waals surface area contributed by atoms with Crippen molar-refractivity contribution in [2.24, 2.45) is 0 Å². The van der Waals surface area contributed by atoms with Crippen molar-refractivity contribution in [3.63, 3.8) is 0 Å². The molecule has 0 radical (unpaired) electrons. The molecule has 2 rings (SSSR count). The number of carbonyl (C=O) groups excluding carboxylic acids is 2. The van der Waals surface area contributed by atoms with E-state index < -0.39 is 52.5 Å². The van der Waals surface area contributed by atoms with E-state index in [0.29, 0.717) is 0 Å². The molecule has 9 nitrogen and oxygen atoms in total. The molecule has 11 heteroatoms. The maximum absolute atomic E-state index is 14.6. The van der Waals surface area contributed by atoms with E-state index in [4.69, 9.17) is 22.9 Å². The summed E-state index contributed by atoms with van der Waals surface area (Å²) in [5, 5.41) is 2.45. The van der Waals surface area contributed by atoms with Gasteiger partial charge in [-0.15, -0.1) is 0 Å². The fraction of sp³-hybridized carbons (Fsp3) is 0.548. The number of rotatable bonds is 13. The molecule has 1 amide bonds. The van der Waals surface area contributed by atoms with Crippen LogP contribution in [0.15, 0.2) is 60.7 Å². The fourth-order valence-corrected chi connectivity index (χ4v) is 7.74. The second-order valence-electron chi connectivity index (χ2n) is 13.4. The first kappa shape index (κ1) is 35.7. The smallest absolute Gasteiger partial charge is 0.408 e. The molecule has 0 spiro atoms. The number of carbonyl (C=O) groups is 2. The van der Waals surface area contributed by atoms with Crippen LogP contribution >= 0.6 is 7.60 Å². The van der Waals surface area contributed by atoms with E-state index in [1.54, 1.807) is 41.5 Å². The van der Waals surface area contributed by atoms with Gasteiger partial charge in [0.05, 0.1) is 11.2 Å². The first-order valence-corrected chi connectivity index (χ1v) is 17.1. The Balaban J connectivity index is 2.39. The lowest BCUT2D eigenvalue weighted by atomic mass is 10.2. The summed E-state index contributed by atoms with van der Waals surface area (Å²) in [6, 6.07) is 17.1. The summed E-state index contributed by atoms with van der Waals surface area (Å²) in [5.74, 6) is -1.87. The van der Waals surface area contributed by atoms with Crippen LogP contribution in [0.4, 0.5) is 4.79 Å². The van der Waals surface area contributed by atoms with Gasteiger partial charge < -0.3 is 28.3 Å². The van der Waals surface area contributed by atoms with Crippen LogP contribution in [0.1, 0.15) is 79.9 Å². The lowest BCUT2D eigenvalue weighted by Gasteiger charge is -2.38. The van der Waals surface area contributed by atoms with Crippen LogP contribution in [0.5, 0.6) is 0 Å². The van der Waals surface area contributed by atoms with Crippen molar-refractivity contribution in [1.29, 1.82) is 0 Å². The zero-order valence-electron chi connectivity index (χ0n) is 26.5. The van der Waals surface area contributed by atoms with Crippen LogP contribution in [0.25, 0.3) is 0 Å². The number of esters is 1. The highest BCUT2D eigenvalue weighted by molar-refractivity contribution is 7.54. The van der Waals surface area contributed by atoms with E-state index >= 15 is 0 Å². The van der Waals surface area contributed by atoms with Crippen molar-refractivity contribution >= 4 is 29.4 Å². The maximum atomic E-state index is 14.6. The molecule has 0 saturated heterocycles. The van der Waals surface area contributed by atoms with Gasteiger partial charge in [-0.1, -0.05) is 81.4 Å². The van der Waals surface area contributed by atoms with Gasteiger partial charge in [0.15, 0.2) is 9.76 Å². The first-order valence-electron chi connectivity index (χ1n) is 14.2. The third kappa shape index (κ3) is 14.1. The average Bonchev–Trinajstić information content (AvgIpc) is 2.86. The summed E-state index contributed by atoms with van der Waals surface area (Å²) in [4.78, 5) is 26.4. The van der Waals surface area contributed by atoms with Gasteiger partial charge in [-0.2, -0.15) is 0 Å². The average molecular weight is 622 g/mol. The normalized spacial score (nSPS) is 14.4. The molecule has 2 aromatic rings. The Kier molecular flexibility index (Phi) is 13.0. The Morgan fingerprint density at radius 1 is 0.762 bits per heavy atom. The highest BCUT2D eigenvalue weighted by Crippen LogP contribution is 2.60. The molecule has 0 saturated carbocycles. The molecule has 0 aliphatic heterocycles. The van der Waals surface area contributed by atoms with Gasteiger partial charge in [-0.25, -0.2) is 9.59 Å². The third-order valence-corrected chi connectivity index (χ3v) is 9.70. The number of nitrogens with one attached hydrogen (secondary N) is 1. The molecule has 0 bridgehead atoms. The molecule has 1 N–H and O–H groups in total. The lowest BCUT2D eigenvalue weighted by Crippen LogP contribution is -2.45. The Hall–Kier alpha value is -2.49.